The van der Waals surface area contributed by atoms with E-state index in [0.29, 0.717) is 24.9 Å². The number of ether oxygens (including phenoxy) is 2. The van der Waals surface area contributed by atoms with Gasteiger partial charge in [0.15, 0.2) is 0 Å². The van der Waals surface area contributed by atoms with Crippen molar-refractivity contribution in [3.8, 4) is 5.75 Å². The molecule has 4 nitrogen and oxygen atoms in total. The fourth-order valence-electron chi connectivity index (χ4n) is 1.68. The molecule has 0 spiro atoms. The van der Waals surface area contributed by atoms with Gasteiger partial charge < -0.3 is 14.6 Å². The fourth-order valence-corrected chi connectivity index (χ4v) is 1.68. The first kappa shape index (κ1) is 15.5. The van der Waals surface area contributed by atoms with Crippen LogP contribution in [0.1, 0.15) is 37.0 Å². The van der Waals surface area contributed by atoms with Gasteiger partial charge >= 0.3 is 5.97 Å². The zero-order valence-electron chi connectivity index (χ0n) is 11.6. The number of carboxylic acids is 1. The molecule has 0 bridgehead atoms. The molecule has 0 saturated heterocycles. The minimum Gasteiger partial charge on any atom is -0.490 e. The maximum absolute atomic E-state index is 10.9. The topological polar surface area (TPSA) is 55.8 Å². The molecule has 1 N–H and O–H groups in total. The number of hydrogen-bond donors (Lipinski definition) is 1. The Kier molecular flexibility index (Phi) is 6.97. The first-order valence-electron chi connectivity index (χ1n) is 6.64. The van der Waals surface area contributed by atoms with Crippen molar-refractivity contribution < 1.29 is 19.4 Å². The third kappa shape index (κ3) is 6.25. The highest BCUT2D eigenvalue weighted by Gasteiger charge is 2.09. The Balaban J connectivity index is 2.21. The largest absolute Gasteiger partial charge is 0.490 e. The fraction of sp³-hybridized carbons (Fsp3) is 0.533. The molecule has 106 valence electrons. The Morgan fingerprint density at radius 1 is 1.21 bits per heavy atom. The molecule has 1 rings (SSSR count). The van der Waals surface area contributed by atoms with Gasteiger partial charge in [-0.1, -0.05) is 26.0 Å². The Morgan fingerprint density at radius 2 is 1.95 bits per heavy atom. The second kappa shape index (κ2) is 8.53. The molecule has 0 aliphatic carbocycles. The molecule has 4 heteroatoms. The van der Waals surface area contributed by atoms with Crippen LogP contribution in [0.5, 0.6) is 5.75 Å². The number of carboxylic acid groups (broad SMARTS) is 1. The zero-order valence-corrected chi connectivity index (χ0v) is 11.6. The molecule has 1 aromatic carbocycles. The van der Waals surface area contributed by atoms with Crippen LogP contribution in [0, 0.1) is 5.92 Å². The zero-order chi connectivity index (χ0) is 14.1. The lowest BCUT2D eigenvalue weighted by atomic mass is 10.1. The van der Waals surface area contributed by atoms with Crippen LogP contribution in [0.2, 0.25) is 0 Å². The van der Waals surface area contributed by atoms with Gasteiger partial charge in [0, 0.05) is 6.61 Å². The van der Waals surface area contributed by atoms with Crippen LogP contribution in [0.15, 0.2) is 24.3 Å². The highest BCUT2D eigenvalue weighted by Crippen LogP contribution is 2.17. The standard InChI is InChI=1S/C15H22O4/c1-12(2)6-5-9-18-10-11-19-14-8-4-3-7-13(14)15(16)17/h3-4,7-8,12H,5-6,9-11H2,1-2H3,(H,16,17). The number of carbonyl (C=O) groups is 1. The van der Waals surface area contributed by atoms with Gasteiger partial charge in [0.1, 0.15) is 17.9 Å². The van der Waals surface area contributed by atoms with Crippen molar-refractivity contribution in [2.75, 3.05) is 19.8 Å². The summed E-state index contributed by atoms with van der Waals surface area (Å²) in [6.45, 7) is 5.94. The number of benzene rings is 1. The van der Waals surface area contributed by atoms with Crippen molar-refractivity contribution in [1.82, 2.24) is 0 Å². The summed E-state index contributed by atoms with van der Waals surface area (Å²) in [7, 11) is 0. The summed E-state index contributed by atoms with van der Waals surface area (Å²) in [5, 5.41) is 8.98. The number of hydrogen-bond acceptors (Lipinski definition) is 3. The van der Waals surface area contributed by atoms with Crippen LogP contribution in [-0.2, 0) is 4.74 Å². The normalized spacial score (nSPS) is 10.7. The van der Waals surface area contributed by atoms with Crippen molar-refractivity contribution in [2.24, 2.45) is 5.92 Å². The molecule has 0 unspecified atom stereocenters. The summed E-state index contributed by atoms with van der Waals surface area (Å²) in [6, 6.07) is 6.62. The summed E-state index contributed by atoms with van der Waals surface area (Å²) < 4.78 is 10.9. The van der Waals surface area contributed by atoms with Gasteiger partial charge in [-0.3, -0.25) is 0 Å². The van der Waals surface area contributed by atoms with E-state index >= 15 is 0 Å². The molecule has 1 aromatic rings. The van der Waals surface area contributed by atoms with E-state index in [0.717, 1.165) is 19.4 Å². The van der Waals surface area contributed by atoms with Crippen molar-refractivity contribution >= 4 is 5.97 Å². The van der Waals surface area contributed by atoms with Crippen molar-refractivity contribution in [3.05, 3.63) is 29.8 Å². The highest BCUT2D eigenvalue weighted by atomic mass is 16.5. The van der Waals surface area contributed by atoms with Crippen LogP contribution in [0.3, 0.4) is 0 Å². The number of para-hydroxylation sites is 1. The van der Waals surface area contributed by atoms with Crippen molar-refractivity contribution in [3.63, 3.8) is 0 Å². The van der Waals surface area contributed by atoms with E-state index in [1.165, 1.54) is 6.07 Å². The molecular formula is C15H22O4. The van der Waals surface area contributed by atoms with Crippen molar-refractivity contribution in [1.29, 1.82) is 0 Å². The van der Waals surface area contributed by atoms with E-state index < -0.39 is 5.97 Å². The van der Waals surface area contributed by atoms with E-state index in [1.54, 1.807) is 18.2 Å². The van der Waals surface area contributed by atoms with Crippen LogP contribution in [-0.4, -0.2) is 30.9 Å². The Bertz CT molecular complexity index is 387. The van der Waals surface area contributed by atoms with E-state index in [1.807, 2.05) is 0 Å². The van der Waals surface area contributed by atoms with Crippen LogP contribution < -0.4 is 4.74 Å². The number of aromatic carboxylic acids is 1. The predicted octanol–water partition coefficient (Wildman–Crippen LogP) is 3.22. The van der Waals surface area contributed by atoms with E-state index in [9.17, 15) is 4.79 Å². The summed E-state index contributed by atoms with van der Waals surface area (Å²) in [5.74, 6) is 0.108. The van der Waals surface area contributed by atoms with E-state index in [4.69, 9.17) is 14.6 Å². The molecule has 0 heterocycles. The number of rotatable bonds is 9. The maximum atomic E-state index is 10.9. The predicted molar refractivity (Wildman–Crippen MR) is 73.8 cm³/mol. The van der Waals surface area contributed by atoms with Gasteiger partial charge in [0.25, 0.3) is 0 Å². The quantitative estimate of drug-likeness (QED) is 0.697. The second-order valence-corrected chi connectivity index (χ2v) is 4.80. The lowest BCUT2D eigenvalue weighted by molar-refractivity contribution is 0.0684. The lowest BCUT2D eigenvalue weighted by Crippen LogP contribution is -2.10. The first-order chi connectivity index (χ1) is 9.11. The van der Waals surface area contributed by atoms with Gasteiger partial charge in [-0.05, 0) is 30.9 Å². The monoisotopic (exact) mass is 266 g/mol. The Labute approximate surface area is 114 Å². The SMILES string of the molecule is CC(C)CCCOCCOc1ccccc1C(=O)O. The van der Waals surface area contributed by atoms with Gasteiger partial charge in [0.2, 0.25) is 0 Å². The maximum Gasteiger partial charge on any atom is 0.339 e. The molecule has 0 radical (unpaired) electrons. The Morgan fingerprint density at radius 3 is 2.63 bits per heavy atom. The summed E-state index contributed by atoms with van der Waals surface area (Å²) in [6.07, 6.45) is 2.20. The third-order valence-corrected chi connectivity index (χ3v) is 2.67. The molecule has 0 amide bonds. The van der Waals surface area contributed by atoms with Crippen molar-refractivity contribution in [2.45, 2.75) is 26.7 Å². The molecule has 0 aliphatic rings. The highest BCUT2D eigenvalue weighted by molar-refractivity contribution is 5.90. The Hall–Kier alpha value is -1.55. The lowest BCUT2D eigenvalue weighted by Gasteiger charge is -2.09. The average molecular weight is 266 g/mol. The minimum absolute atomic E-state index is 0.183. The molecular weight excluding hydrogens is 244 g/mol. The smallest absolute Gasteiger partial charge is 0.339 e. The molecule has 0 aromatic heterocycles. The summed E-state index contributed by atoms with van der Waals surface area (Å²) in [4.78, 5) is 10.9. The minimum atomic E-state index is -0.978. The van der Waals surface area contributed by atoms with Gasteiger partial charge in [-0.15, -0.1) is 0 Å². The van der Waals surface area contributed by atoms with Gasteiger partial charge in [0.05, 0.1) is 6.61 Å². The third-order valence-electron chi connectivity index (χ3n) is 2.67. The van der Waals surface area contributed by atoms with E-state index in [-0.39, 0.29) is 5.56 Å². The van der Waals surface area contributed by atoms with Crippen LogP contribution in [0.4, 0.5) is 0 Å². The molecule has 0 aliphatic heterocycles. The molecule has 19 heavy (non-hydrogen) atoms. The molecule has 0 fully saturated rings. The van der Waals surface area contributed by atoms with E-state index in [2.05, 4.69) is 13.8 Å². The summed E-state index contributed by atoms with van der Waals surface area (Å²) in [5.41, 5.74) is 0.183. The molecule has 0 atom stereocenters. The van der Waals surface area contributed by atoms with Crippen LogP contribution >= 0.6 is 0 Å². The van der Waals surface area contributed by atoms with Crippen LogP contribution in [0.25, 0.3) is 0 Å². The molecule has 0 saturated carbocycles. The summed E-state index contributed by atoms with van der Waals surface area (Å²) >= 11 is 0. The second-order valence-electron chi connectivity index (χ2n) is 4.80. The average Bonchev–Trinajstić information content (AvgIpc) is 2.37. The van der Waals surface area contributed by atoms with Gasteiger partial charge in [-0.25, -0.2) is 4.79 Å². The van der Waals surface area contributed by atoms with Gasteiger partial charge in [-0.2, -0.15) is 0 Å². The first-order valence-corrected chi connectivity index (χ1v) is 6.64.